The third kappa shape index (κ3) is 3.01. The third-order valence-corrected chi connectivity index (χ3v) is 4.78. The Bertz CT molecular complexity index is 900. The third-order valence-electron chi connectivity index (χ3n) is 3.38. The van der Waals surface area contributed by atoms with E-state index in [-0.39, 0.29) is 26.7 Å². The molecule has 0 fully saturated rings. The summed E-state index contributed by atoms with van der Waals surface area (Å²) in [6.07, 6.45) is 1.33. The van der Waals surface area contributed by atoms with Crippen LogP contribution in [0.3, 0.4) is 0 Å². The Kier molecular flexibility index (Phi) is 4.31. The SMILES string of the molecule is O=C(O)c1ccc2c(c1)C(=O)/C(=C/c1ccc(F)c(Cl)c1)[S+]([O-])N2. The Morgan fingerprint density at radius 2 is 2.04 bits per heavy atom. The van der Waals surface area contributed by atoms with Crippen molar-refractivity contribution in [2.75, 3.05) is 4.72 Å². The Balaban J connectivity index is 2.05. The van der Waals surface area contributed by atoms with Crippen LogP contribution in [-0.2, 0) is 11.4 Å². The van der Waals surface area contributed by atoms with E-state index in [0.29, 0.717) is 5.56 Å². The number of anilines is 1. The fourth-order valence-electron chi connectivity index (χ4n) is 2.20. The van der Waals surface area contributed by atoms with Crippen molar-refractivity contribution in [3.05, 3.63) is 68.8 Å². The molecule has 1 unspecified atom stereocenters. The lowest BCUT2D eigenvalue weighted by Gasteiger charge is -2.21. The number of carbonyl (C=O) groups excluding carboxylic acids is 1. The number of carbonyl (C=O) groups is 2. The summed E-state index contributed by atoms with van der Waals surface area (Å²) in [7, 11) is 0. The number of halogens is 2. The first kappa shape index (κ1) is 16.5. The molecule has 1 aliphatic heterocycles. The Morgan fingerprint density at radius 3 is 2.71 bits per heavy atom. The number of carboxylic acid groups (broad SMARTS) is 1. The maximum atomic E-state index is 13.2. The van der Waals surface area contributed by atoms with Gasteiger partial charge >= 0.3 is 5.97 Å². The van der Waals surface area contributed by atoms with Crippen LogP contribution in [0.1, 0.15) is 26.3 Å². The van der Waals surface area contributed by atoms with Crippen LogP contribution >= 0.6 is 11.6 Å². The van der Waals surface area contributed by atoms with Crippen molar-refractivity contribution in [1.82, 2.24) is 0 Å². The number of fused-ring (bicyclic) bond motifs is 1. The molecule has 8 heteroatoms. The van der Waals surface area contributed by atoms with Crippen LogP contribution in [0.2, 0.25) is 5.02 Å². The molecular weight excluding hydrogens is 357 g/mol. The standard InChI is InChI=1S/C16H9ClFNO4S/c17-11-5-8(1-3-12(11)18)6-14-15(20)10-7-9(16(21)22)2-4-13(10)19-24(14)23/h1-7,19H,(H,21,22)/b14-6-. The molecule has 0 spiro atoms. The zero-order chi connectivity index (χ0) is 17.4. The summed E-state index contributed by atoms with van der Waals surface area (Å²) < 4.78 is 28.1. The van der Waals surface area contributed by atoms with Crippen LogP contribution < -0.4 is 4.72 Å². The van der Waals surface area contributed by atoms with Gasteiger partial charge in [-0.15, -0.1) is 0 Å². The number of nitrogens with one attached hydrogen (secondary N) is 1. The minimum Gasteiger partial charge on any atom is -0.588 e. The van der Waals surface area contributed by atoms with Gasteiger partial charge in [0.2, 0.25) is 10.7 Å². The molecule has 0 bridgehead atoms. The summed E-state index contributed by atoms with van der Waals surface area (Å²) in [6.45, 7) is 0. The second-order valence-electron chi connectivity index (χ2n) is 4.95. The predicted molar refractivity (Wildman–Crippen MR) is 88.9 cm³/mol. The fraction of sp³-hybridized carbons (Fsp3) is 0. The predicted octanol–water partition coefficient (Wildman–Crippen LogP) is 3.49. The Morgan fingerprint density at radius 1 is 1.29 bits per heavy atom. The van der Waals surface area contributed by atoms with E-state index in [1.54, 1.807) is 0 Å². The van der Waals surface area contributed by atoms with Crippen LogP contribution in [0.5, 0.6) is 0 Å². The lowest BCUT2D eigenvalue weighted by atomic mass is 10.0. The van der Waals surface area contributed by atoms with Gasteiger partial charge in [-0.3, -0.25) is 4.79 Å². The summed E-state index contributed by atoms with van der Waals surface area (Å²) in [5, 5.41) is 8.90. The first-order valence-electron chi connectivity index (χ1n) is 6.64. The molecule has 0 radical (unpaired) electrons. The van der Waals surface area contributed by atoms with Crippen LogP contribution in [-0.4, -0.2) is 21.4 Å². The molecular formula is C16H9ClFNO4S. The maximum absolute atomic E-state index is 13.2. The molecule has 1 atom stereocenters. The molecule has 24 heavy (non-hydrogen) atoms. The molecule has 0 aromatic heterocycles. The van der Waals surface area contributed by atoms with E-state index >= 15 is 0 Å². The van der Waals surface area contributed by atoms with E-state index in [0.717, 1.165) is 6.07 Å². The van der Waals surface area contributed by atoms with Gasteiger partial charge in [-0.05, 0) is 35.9 Å². The summed E-state index contributed by atoms with van der Waals surface area (Å²) >= 11 is 3.87. The topological polar surface area (TPSA) is 89.5 Å². The first-order chi connectivity index (χ1) is 11.4. The van der Waals surface area contributed by atoms with Crippen LogP contribution in [0, 0.1) is 5.82 Å². The number of benzene rings is 2. The van der Waals surface area contributed by atoms with E-state index in [9.17, 15) is 18.5 Å². The van der Waals surface area contributed by atoms with Gasteiger partial charge in [-0.2, -0.15) is 0 Å². The van der Waals surface area contributed by atoms with Crippen LogP contribution in [0.25, 0.3) is 6.08 Å². The van der Waals surface area contributed by atoms with Crippen molar-refractivity contribution < 1.29 is 23.6 Å². The zero-order valence-corrected chi connectivity index (χ0v) is 13.5. The number of carboxylic acids is 1. The van der Waals surface area contributed by atoms with E-state index < -0.39 is 28.9 Å². The van der Waals surface area contributed by atoms with E-state index in [1.807, 2.05) is 0 Å². The van der Waals surface area contributed by atoms with Crippen molar-refractivity contribution in [3.8, 4) is 0 Å². The molecule has 3 rings (SSSR count). The summed E-state index contributed by atoms with van der Waals surface area (Å²) in [4.78, 5) is 23.5. The number of aromatic carboxylic acids is 1. The quantitative estimate of drug-likeness (QED) is 0.628. The lowest BCUT2D eigenvalue weighted by Crippen LogP contribution is -2.27. The Hall–Kier alpha value is -2.35. The van der Waals surface area contributed by atoms with Crippen molar-refractivity contribution in [3.63, 3.8) is 0 Å². The van der Waals surface area contributed by atoms with E-state index in [2.05, 4.69) is 4.72 Å². The van der Waals surface area contributed by atoms with E-state index in [1.165, 1.54) is 36.4 Å². The van der Waals surface area contributed by atoms with Gasteiger partial charge in [-0.25, -0.2) is 13.9 Å². The average Bonchev–Trinajstić information content (AvgIpc) is 2.54. The number of ketones is 1. The molecule has 122 valence electrons. The normalized spacial score (nSPS) is 18.2. The molecule has 1 heterocycles. The molecule has 5 nitrogen and oxygen atoms in total. The zero-order valence-electron chi connectivity index (χ0n) is 11.9. The summed E-state index contributed by atoms with van der Waals surface area (Å²) in [5.74, 6) is -2.34. The monoisotopic (exact) mass is 365 g/mol. The molecule has 2 aromatic rings. The number of hydrogen-bond acceptors (Lipinski definition) is 4. The smallest absolute Gasteiger partial charge is 0.335 e. The minimum absolute atomic E-state index is 0.0549. The second kappa shape index (κ2) is 6.27. The molecule has 1 aliphatic rings. The number of Topliss-reactive ketones (excluding diaryl/α,β-unsaturated/α-hetero) is 1. The van der Waals surface area contributed by atoms with Gasteiger partial charge in [0.1, 0.15) is 17.2 Å². The molecule has 0 saturated heterocycles. The number of hydrogen-bond donors (Lipinski definition) is 2. The summed E-state index contributed by atoms with van der Waals surface area (Å²) in [5.41, 5.74) is 0.741. The highest BCUT2D eigenvalue weighted by molar-refractivity contribution is 7.97. The number of allylic oxidation sites excluding steroid dienone is 1. The average molecular weight is 366 g/mol. The van der Waals surface area contributed by atoms with Gasteiger partial charge in [0.15, 0.2) is 0 Å². The maximum Gasteiger partial charge on any atom is 0.335 e. The molecule has 0 amide bonds. The van der Waals surface area contributed by atoms with Crippen molar-refractivity contribution in [2.24, 2.45) is 0 Å². The highest BCUT2D eigenvalue weighted by Crippen LogP contribution is 2.31. The van der Waals surface area contributed by atoms with E-state index in [4.69, 9.17) is 16.7 Å². The highest BCUT2D eigenvalue weighted by atomic mass is 35.5. The van der Waals surface area contributed by atoms with Gasteiger partial charge in [0.25, 0.3) is 0 Å². The highest BCUT2D eigenvalue weighted by Gasteiger charge is 2.34. The minimum atomic E-state index is -1.82. The largest absolute Gasteiger partial charge is 0.588 e. The Labute approximate surface area is 144 Å². The lowest BCUT2D eigenvalue weighted by molar-refractivity contribution is 0.0697. The molecule has 2 aromatic carbocycles. The van der Waals surface area contributed by atoms with Crippen LogP contribution in [0.15, 0.2) is 41.3 Å². The number of rotatable bonds is 2. The van der Waals surface area contributed by atoms with Crippen molar-refractivity contribution in [1.29, 1.82) is 0 Å². The molecule has 0 aliphatic carbocycles. The van der Waals surface area contributed by atoms with Crippen molar-refractivity contribution in [2.45, 2.75) is 0 Å². The second-order valence-corrected chi connectivity index (χ2v) is 6.54. The van der Waals surface area contributed by atoms with Gasteiger partial charge in [0.05, 0.1) is 21.8 Å². The summed E-state index contributed by atoms with van der Waals surface area (Å²) in [6, 6.07) is 7.75. The fourth-order valence-corrected chi connectivity index (χ4v) is 3.40. The van der Waals surface area contributed by atoms with Gasteiger partial charge < -0.3 is 9.66 Å². The van der Waals surface area contributed by atoms with Crippen molar-refractivity contribution >= 4 is 46.5 Å². The van der Waals surface area contributed by atoms with Gasteiger partial charge in [-0.1, -0.05) is 17.7 Å². The van der Waals surface area contributed by atoms with Gasteiger partial charge in [0, 0.05) is 6.08 Å². The molecule has 2 N–H and O–H groups in total. The van der Waals surface area contributed by atoms with Crippen LogP contribution in [0.4, 0.5) is 10.1 Å². The first-order valence-corrected chi connectivity index (χ1v) is 8.17. The molecule has 0 saturated carbocycles.